The van der Waals surface area contributed by atoms with Crippen molar-refractivity contribution in [2.75, 3.05) is 0 Å². The van der Waals surface area contributed by atoms with E-state index < -0.39 is 5.92 Å². The van der Waals surface area contributed by atoms with Gasteiger partial charge in [0.15, 0.2) is 0 Å². The van der Waals surface area contributed by atoms with Gasteiger partial charge in [-0.05, 0) is 37.5 Å². The highest BCUT2D eigenvalue weighted by Crippen LogP contribution is 2.44. The van der Waals surface area contributed by atoms with E-state index in [0.29, 0.717) is 21.2 Å². The third-order valence-electron chi connectivity index (χ3n) is 3.60. The van der Waals surface area contributed by atoms with Gasteiger partial charge in [0, 0.05) is 0 Å². The van der Waals surface area contributed by atoms with Crippen molar-refractivity contribution in [1.82, 2.24) is 0 Å². The minimum absolute atomic E-state index is 0.373. The Morgan fingerprint density at radius 3 is 1.76 bits per heavy atom. The van der Waals surface area contributed by atoms with Gasteiger partial charge in [-0.25, -0.2) is 0 Å². The first kappa shape index (κ1) is 15.0. The maximum absolute atomic E-state index is 9.46. The maximum atomic E-state index is 9.46. The lowest BCUT2D eigenvalue weighted by atomic mass is 9.80. The molecule has 0 amide bonds. The van der Waals surface area contributed by atoms with Crippen LogP contribution in [-0.2, 0) is 0 Å². The molecule has 2 rings (SSSR count). The number of hydrogen-bond donors (Lipinski definition) is 2. The molecule has 1 heterocycles. The molecule has 0 spiro atoms. The highest BCUT2D eigenvalue weighted by atomic mass is 32.2. The predicted octanol–water partition coefficient (Wildman–Crippen LogP) is 2.83. The van der Waals surface area contributed by atoms with E-state index in [1.54, 1.807) is 0 Å². The molecule has 0 bridgehead atoms. The van der Waals surface area contributed by atoms with Crippen LogP contribution in [0.15, 0.2) is 33.3 Å². The zero-order chi connectivity index (χ0) is 15.7. The van der Waals surface area contributed by atoms with Gasteiger partial charge < -0.3 is 11.5 Å². The van der Waals surface area contributed by atoms with Crippen LogP contribution in [0.2, 0.25) is 0 Å². The fraction of sp³-hybridized carbons (Fsp3) is 0.250. The Bertz CT molecular complexity index is 700. The van der Waals surface area contributed by atoms with E-state index in [9.17, 15) is 10.5 Å². The molecule has 1 aliphatic rings. The number of nitriles is 2. The fourth-order valence-corrected chi connectivity index (χ4v) is 3.62. The Hall–Kier alpha value is -2.37. The van der Waals surface area contributed by atoms with Gasteiger partial charge in [-0.3, -0.25) is 0 Å². The van der Waals surface area contributed by atoms with Gasteiger partial charge in [-0.1, -0.05) is 29.5 Å². The summed E-state index contributed by atoms with van der Waals surface area (Å²) in [6.07, 6.45) is 0. The number of benzene rings is 1. The van der Waals surface area contributed by atoms with Crippen molar-refractivity contribution >= 4 is 11.8 Å². The van der Waals surface area contributed by atoms with Crippen LogP contribution in [0.3, 0.4) is 0 Å². The van der Waals surface area contributed by atoms with Crippen LogP contribution in [0.4, 0.5) is 0 Å². The average Bonchev–Trinajstić information content (AvgIpc) is 2.37. The van der Waals surface area contributed by atoms with E-state index in [2.05, 4.69) is 12.1 Å². The summed E-state index contributed by atoms with van der Waals surface area (Å²) < 4.78 is 0. The molecule has 0 saturated heterocycles. The van der Waals surface area contributed by atoms with E-state index in [0.717, 1.165) is 34.0 Å². The number of aryl methyl sites for hydroxylation is 3. The summed E-state index contributed by atoms with van der Waals surface area (Å²) >= 11 is 1.09. The summed E-state index contributed by atoms with van der Waals surface area (Å²) in [6.45, 7) is 5.98. The van der Waals surface area contributed by atoms with E-state index in [1.807, 2.05) is 32.9 Å². The zero-order valence-corrected chi connectivity index (χ0v) is 13.0. The Morgan fingerprint density at radius 2 is 1.38 bits per heavy atom. The highest BCUT2D eigenvalue weighted by molar-refractivity contribution is 8.06. The van der Waals surface area contributed by atoms with Crippen molar-refractivity contribution in [2.24, 2.45) is 11.5 Å². The minimum atomic E-state index is -0.471. The lowest BCUT2D eigenvalue weighted by Gasteiger charge is -2.26. The average molecular weight is 296 g/mol. The van der Waals surface area contributed by atoms with E-state index in [1.165, 1.54) is 0 Å². The lowest BCUT2D eigenvalue weighted by molar-refractivity contribution is 0.929. The largest absolute Gasteiger partial charge is 0.392 e. The number of hydrogen-bond acceptors (Lipinski definition) is 5. The number of rotatable bonds is 1. The minimum Gasteiger partial charge on any atom is -0.392 e. The normalized spacial score (nSPS) is 15.9. The van der Waals surface area contributed by atoms with Crippen molar-refractivity contribution in [3.8, 4) is 12.1 Å². The molecule has 21 heavy (non-hydrogen) atoms. The van der Waals surface area contributed by atoms with Crippen molar-refractivity contribution in [3.05, 3.63) is 55.6 Å². The Morgan fingerprint density at radius 1 is 0.952 bits per heavy atom. The molecule has 106 valence electrons. The van der Waals surface area contributed by atoms with E-state index in [-0.39, 0.29) is 0 Å². The van der Waals surface area contributed by atoms with Gasteiger partial charge in [0.1, 0.15) is 0 Å². The molecule has 0 atom stereocenters. The van der Waals surface area contributed by atoms with Crippen LogP contribution >= 0.6 is 11.8 Å². The molecule has 0 unspecified atom stereocenters. The predicted molar refractivity (Wildman–Crippen MR) is 84.6 cm³/mol. The molecular formula is C16H16N4S. The van der Waals surface area contributed by atoms with Crippen molar-refractivity contribution in [1.29, 1.82) is 10.5 Å². The summed E-state index contributed by atoms with van der Waals surface area (Å²) in [5.74, 6) is -0.471. The van der Waals surface area contributed by atoms with Crippen LogP contribution in [0.1, 0.15) is 28.2 Å². The summed E-state index contributed by atoms with van der Waals surface area (Å²) in [7, 11) is 0. The smallest absolute Gasteiger partial charge is 0.0985 e. The monoisotopic (exact) mass is 296 g/mol. The molecule has 0 saturated carbocycles. The standard InChI is InChI=1S/C16H16N4S/c1-8-4-9(2)13(10(3)5-8)14-11(6-17)15(19)21-16(20)12(14)7-18/h4-5,14H,19-20H2,1-3H3. The molecule has 0 fully saturated rings. The summed E-state index contributed by atoms with van der Waals surface area (Å²) in [5, 5.41) is 19.7. The number of nitrogens with two attached hydrogens (primary N) is 2. The van der Waals surface area contributed by atoms with Crippen LogP contribution < -0.4 is 11.5 Å². The topological polar surface area (TPSA) is 99.6 Å². The number of allylic oxidation sites excluding steroid dienone is 2. The number of nitrogens with zero attached hydrogens (tertiary/aromatic N) is 2. The quantitative estimate of drug-likeness (QED) is 0.830. The van der Waals surface area contributed by atoms with Crippen LogP contribution in [0.25, 0.3) is 0 Å². The van der Waals surface area contributed by atoms with Gasteiger partial charge in [0.2, 0.25) is 0 Å². The first-order chi connectivity index (χ1) is 9.90. The molecule has 4 nitrogen and oxygen atoms in total. The third kappa shape index (κ3) is 2.49. The SMILES string of the molecule is Cc1cc(C)c(C2C(C#N)=C(N)SC(N)=C2C#N)c(C)c1. The summed E-state index contributed by atoms with van der Waals surface area (Å²) in [6, 6.07) is 8.38. The second kappa shape index (κ2) is 5.55. The Kier molecular flexibility index (Phi) is 3.97. The summed E-state index contributed by atoms with van der Waals surface area (Å²) in [4.78, 5) is 0. The van der Waals surface area contributed by atoms with Crippen LogP contribution in [-0.4, -0.2) is 0 Å². The van der Waals surface area contributed by atoms with Crippen LogP contribution in [0, 0.1) is 43.4 Å². The second-order valence-corrected chi connectivity index (χ2v) is 6.21. The molecule has 0 aliphatic carbocycles. The molecule has 0 radical (unpaired) electrons. The van der Waals surface area contributed by atoms with Gasteiger partial charge >= 0.3 is 0 Å². The summed E-state index contributed by atoms with van der Waals surface area (Å²) in [5.41, 5.74) is 16.9. The molecule has 1 aliphatic heterocycles. The van der Waals surface area contributed by atoms with Crippen LogP contribution in [0.5, 0.6) is 0 Å². The Labute approximate surface area is 128 Å². The zero-order valence-electron chi connectivity index (χ0n) is 12.2. The van der Waals surface area contributed by atoms with Crippen molar-refractivity contribution < 1.29 is 0 Å². The van der Waals surface area contributed by atoms with Gasteiger partial charge in [0.05, 0.1) is 39.3 Å². The molecule has 4 N–H and O–H groups in total. The fourth-order valence-electron chi connectivity index (χ4n) is 2.83. The molecule has 5 heteroatoms. The van der Waals surface area contributed by atoms with E-state index in [4.69, 9.17) is 11.5 Å². The first-order valence-corrected chi connectivity index (χ1v) is 7.27. The lowest BCUT2D eigenvalue weighted by Crippen LogP contribution is -2.19. The highest BCUT2D eigenvalue weighted by Gasteiger charge is 2.32. The second-order valence-electron chi connectivity index (χ2n) is 5.13. The molecular weight excluding hydrogens is 280 g/mol. The first-order valence-electron chi connectivity index (χ1n) is 6.45. The number of thioether (sulfide) groups is 1. The van der Waals surface area contributed by atoms with Crippen molar-refractivity contribution in [2.45, 2.75) is 26.7 Å². The molecule has 1 aromatic rings. The van der Waals surface area contributed by atoms with Crippen molar-refractivity contribution in [3.63, 3.8) is 0 Å². The Balaban J connectivity index is 2.78. The molecule has 1 aromatic carbocycles. The van der Waals surface area contributed by atoms with Gasteiger partial charge in [-0.15, -0.1) is 0 Å². The molecule has 0 aromatic heterocycles. The van der Waals surface area contributed by atoms with Gasteiger partial charge in [0.25, 0.3) is 0 Å². The van der Waals surface area contributed by atoms with E-state index >= 15 is 0 Å². The third-order valence-corrected chi connectivity index (χ3v) is 4.48. The maximum Gasteiger partial charge on any atom is 0.0985 e. The van der Waals surface area contributed by atoms with Gasteiger partial charge in [-0.2, -0.15) is 10.5 Å².